The van der Waals surface area contributed by atoms with Crippen LogP contribution >= 0.6 is 11.6 Å². The highest BCUT2D eigenvalue weighted by molar-refractivity contribution is 6.34. The standard InChI is InChI=1S/C15H14ClN9O2/c1-23-5-8-3-11(9(16)4-10(8)21-23)18-13-19-14(26)25(15(27)20-13)6-12-17-7-24(2)22-12/h3-5,7H,6H2,1-2H3,(H2,18,19,20,26,27). The van der Waals surface area contributed by atoms with E-state index in [9.17, 15) is 9.59 Å². The maximum Gasteiger partial charge on any atom is 0.355 e. The second kappa shape index (κ2) is 6.36. The Bertz CT molecular complexity index is 1240. The number of anilines is 2. The number of hydrogen-bond donors (Lipinski definition) is 2. The topological polar surface area (TPSA) is 128 Å². The maximum atomic E-state index is 12.3. The van der Waals surface area contributed by atoms with Crippen molar-refractivity contribution < 1.29 is 0 Å². The van der Waals surface area contributed by atoms with Crippen molar-refractivity contribution in [2.75, 3.05) is 5.32 Å². The number of aromatic nitrogens is 8. The van der Waals surface area contributed by atoms with Crippen LogP contribution < -0.4 is 16.7 Å². The molecule has 0 aliphatic carbocycles. The summed E-state index contributed by atoms with van der Waals surface area (Å²) in [4.78, 5) is 34.9. The Labute approximate surface area is 156 Å². The van der Waals surface area contributed by atoms with Crippen LogP contribution in [0.1, 0.15) is 5.82 Å². The van der Waals surface area contributed by atoms with Crippen molar-refractivity contribution in [3.05, 3.63) is 56.5 Å². The molecule has 0 aliphatic heterocycles. The minimum absolute atomic E-state index is 0.0135. The molecule has 3 aromatic heterocycles. The molecule has 0 fully saturated rings. The van der Waals surface area contributed by atoms with Crippen LogP contribution in [0.25, 0.3) is 10.9 Å². The molecule has 3 heterocycles. The zero-order chi connectivity index (χ0) is 19.1. The molecular formula is C15H14ClN9O2. The Kier molecular flexibility index (Phi) is 4.00. The molecule has 0 unspecified atom stereocenters. The van der Waals surface area contributed by atoms with Crippen LogP contribution in [0.4, 0.5) is 11.6 Å². The van der Waals surface area contributed by atoms with E-state index in [1.54, 1.807) is 30.9 Å². The zero-order valence-corrected chi connectivity index (χ0v) is 15.1. The second-order valence-electron chi connectivity index (χ2n) is 5.91. The summed E-state index contributed by atoms with van der Waals surface area (Å²) in [7, 11) is 3.49. The highest BCUT2D eigenvalue weighted by atomic mass is 35.5. The molecular weight excluding hydrogens is 374 g/mol. The summed E-state index contributed by atoms with van der Waals surface area (Å²) >= 11 is 6.25. The van der Waals surface area contributed by atoms with Crippen molar-refractivity contribution >= 4 is 34.1 Å². The van der Waals surface area contributed by atoms with Gasteiger partial charge in [0.25, 0.3) is 0 Å². The van der Waals surface area contributed by atoms with Crippen molar-refractivity contribution in [2.45, 2.75) is 6.54 Å². The van der Waals surface area contributed by atoms with Crippen molar-refractivity contribution in [3.8, 4) is 0 Å². The molecule has 11 nitrogen and oxygen atoms in total. The van der Waals surface area contributed by atoms with Crippen LogP contribution in [0.15, 0.2) is 34.2 Å². The van der Waals surface area contributed by atoms with Crippen LogP contribution in [-0.4, -0.2) is 39.1 Å². The molecule has 0 saturated heterocycles. The first-order valence-electron chi connectivity index (χ1n) is 7.84. The molecule has 0 aliphatic rings. The number of rotatable bonds is 4. The van der Waals surface area contributed by atoms with Gasteiger partial charge in [0.2, 0.25) is 5.95 Å². The average molecular weight is 388 g/mol. The Morgan fingerprint density at radius 3 is 2.70 bits per heavy atom. The van der Waals surface area contributed by atoms with Crippen LogP contribution in [0, 0.1) is 0 Å². The van der Waals surface area contributed by atoms with Gasteiger partial charge < -0.3 is 5.32 Å². The Balaban J connectivity index is 1.66. The first-order valence-corrected chi connectivity index (χ1v) is 8.22. The van der Waals surface area contributed by atoms with E-state index in [0.717, 1.165) is 15.5 Å². The summed E-state index contributed by atoms with van der Waals surface area (Å²) in [5.74, 6) is 0.318. The van der Waals surface area contributed by atoms with Crippen molar-refractivity contribution in [2.24, 2.45) is 14.1 Å². The molecule has 4 aromatic rings. The number of fused-ring (bicyclic) bond motifs is 1. The van der Waals surface area contributed by atoms with Gasteiger partial charge in [0.15, 0.2) is 5.82 Å². The van der Waals surface area contributed by atoms with Gasteiger partial charge in [-0.2, -0.15) is 15.2 Å². The molecule has 0 bridgehead atoms. The summed E-state index contributed by atoms with van der Waals surface area (Å²) in [6.07, 6.45) is 3.30. The predicted octanol–water partition coefficient (Wildman–Crippen LogP) is 0.392. The number of nitrogens with zero attached hydrogens (tertiary/aromatic N) is 7. The van der Waals surface area contributed by atoms with Gasteiger partial charge in [-0.3, -0.25) is 14.3 Å². The van der Waals surface area contributed by atoms with Gasteiger partial charge in [0.05, 0.1) is 22.8 Å². The van der Waals surface area contributed by atoms with E-state index in [0.29, 0.717) is 16.5 Å². The van der Waals surface area contributed by atoms with Gasteiger partial charge >= 0.3 is 11.4 Å². The molecule has 0 radical (unpaired) electrons. The lowest BCUT2D eigenvalue weighted by atomic mass is 10.2. The summed E-state index contributed by atoms with van der Waals surface area (Å²) in [6.45, 7) is -0.0787. The summed E-state index contributed by atoms with van der Waals surface area (Å²) in [6, 6.07) is 3.44. The highest BCUT2D eigenvalue weighted by Crippen LogP contribution is 2.28. The Morgan fingerprint density at radius 2 is 2.00 bits per heavy atom. The van der Waals surface area contributed by atoms with E-state index >= 15 is 0 Å². The zero-order valence-electron chi connectivity index (χ0n) is 14.3. The van der Waals surface area contributed by atoms with E-state index in [1.807, 2.05) is 6.20 Å². The number of halogens is 1. The molecule has 0 amide bonds. The van der Waals surface area contributed by atoms with Gasteiger partial charge in [-0.25, -0.2) is 19.1 Å². The smallest absolute Gasteiger partial charge is 0.324 e. The largest absolute Gasteiger partial charge is 0.355 e. The molecule has 12 heteroatoms. The number of benzene rings is 1. The first-order chi connectivity index (χ1) is 12.9. The minimum Gasteiger partial charge on any atom is -0.324 e. The lowest BCUT2D eigenvalue weighted by molar-refractivity contribution is 0.633. The third kappa shape index (κ3) is 3.31. The molecule has 0 atom stereocenters. The highest BCUT2D eigenvalue weighted by Gasteiger charge is 2.12. The summed E-state index contributed by atoms with van der Waals surface area (Å²) in [5, 5.41) is 12.4. The Morgan fingerprint density at radius 1 is 1.19 bits per heavy atom. The average Bonchev–Trinajstić information content (AvgIpc) is 3.15. The van der Waals surface area contributed by atoms with Gasteiger partial charge in [0, 0.05) is 25.7 Å². The lowest BCUT2D eigenvalue weighted by Crippen LogP contribution is -2.38. The fraction of sp³-hybridized carbons (Fsp3) is 0.200. The lowest BCUT2D eigenvalue weighted by Gasteiger charge is -2.08. The van der Waals surface area contributed by atoms with Crippen LogP contribution in [-0.2, 0) is 20.6 Å². The molecule has 2 N–H and O–H groups in total. The molecule has 0 spiro atoms. The first kappa shape index (κ1) is 17.0. The number of nitrogens with one attached hydrogen (secondary N) is 2. The minimum atomic E-state index is -0.729. The molecule has 4 rings (SSSR count). The van der Waals surface area contributed by atoms with E-state index < -0.39 is 11.4 Å². The van der Waals surface area contributed by atoms with Crippen molar-refractivity contribution in [1.82, 2.24) is 39.1 Å². The fourth-order valence-electron chi connectivity index (χ4n) is 2.63. The van der Waals surface area contributed by atoms with Crippen LogP contribution in [0.5, 0.6) is 0 Å². The van der Waals surface area contributed by atoms with Crippen LogP contribution in [0.3, 0.4) is 0 Å². The van der Waals surface area contributed by atoms with Gasteiger partial charge in [0.1, 0.15) is 6.33 Å². The number of H-pyrrole nitrogens is 1. The van der Waals surface area contributed by atoms with E-state index in [1.165, 1.54) is 11.0 Å². The van der Waals surface area contributed by atoms with Crippen molar-refractivity contribution in [1.29, 1.82) is 0 Å². The number of aromatic amines is 1. The van der Waals surface area contributed by atoms with Gasteiger partial charge in [-0.05, 0) is 12.1 Å². The quantitative estimate of drug-likeness (QED) is 0.518. The van der Waals surface area contributed by atoms with E-state index in [-0.39, 0.29) is 12.5 Å². The van der Waals surface area contributed by atoms with Crippen molar-refractivity contribution in [3.63, 3.8) is 0 Å². The number of aryl methyl sites for hydroxylation is 2. The van der Waals surface area contributed by atoms with Crippen LogP contribution in [0.2, 0.25) is 5.02 Å². The third-order valence-corrected chi connectivity index (χ3v) is 4.13. The predicted molar refractivity (Wildman–Crippen MR) is 98.2 cm³/mol. The third-order valence-electron chi connectivity index (χ3n) is 3.82. The molecule has 1 aromatic carbocycles. The summed E-state index contributed by atoms with van der Waals surface area (Å²) < 4.78 is 4.05. The second-order valence-corrected chi connectivity index (χ2v) is 6.32. The normalized spacial score (nSPS) is 11.2. The molecule has 138 valence electrons. The number of hydrogen-bond acceptors (Lipinski definition) is 7. The van der Waals surface area contributed by atoms with E-state index in [4.69, 9.17) is 11.6 Å². The Hall–Kier alpha value is -3.47. The molecule has 0 saturated carbocycles. The summed E-state index contributed by atoms with van der Waals surface area (Å²) in [5.41, 5.74) is -0.146. The fourth-order valence-corrected chi connectivity index (χ4v) is 2.83. The van der Waals surface area contributed by atoms with E-state index in [2.05, 4.69) is 30.5 Å². The van der Waals surface area contributed by atoms with Gasteiger partial charge in [-0.1, -0.05) is 11.6 Å². The van der Waals surface area contributed by atoms with Gasteiger partial charge in [-0.15, -0.1) is 0 Å². The molecule has 27 heavy (non-hydrogen) atoms. The monoisotopic (exact) mass is 387 g/mol. The SMILES string of the molecule is Cn1cnc(Cn2c(=O)nc(Nc3cc4cn(C)nc4cc3Cl)[nH]c2=O)n1. The maximum absolute atomic E-state index is 12.3.